The molecule has 26 heavy (non-hydrogen) atoms. The largest absolute Gasteiger partial charge is 0.464 e. The summed E-state index contributed by atoms with van der Waals surface area (Å²) in [5.74, 6) is 1.44. The lowest BCUT2D eigenvalue weighted by Gasteiger charge is -2.28. The molecular formula is C18H20F3N3O2. The molecule has 0 saturated heterocycles. The second-order valence-electron chi connectivity index (χ2n) is 6.44. The average Bonchev–Trinajstić information content (AvgIpc) is 3.24. The van der Waals surface area contributed by atoms with E-state index in [4.69, 9.17) is 4.42 Å². The van der Waals surface area contributed by atoms with Crippen molar-refractivity contribution in [3.63, 3.8) is 0 Å². The number of aromatic nitrogens is 1. The van der Waals surface area contributed by atoms with Gasteiger partial charge in [-0.2, -0.15) is 13.2 Å². The average molecular weight is 367 g/mol. The van der Waals surface area contributed by atoms with Gasteiger partial charge in [0.05, 0.1) is 18.4 Å². The summed E-state index contributed by atoms with van der Waals surface area (Å²) >= 11 is 0. The summed E-state index contributed by atoms with van der Waals surface area (Å²) in [4.78, 5) is 17.8. The summed E-state index contributed by atoms with van der Waals surface area (Å²) in [5.41, 5.74) is -0.768. The van der Waals surface area contributed by atoms with E-state index in [9.17, 15) is 18.0 Å². The first-order valence-electron chi connectivity index (χ1n) is 8.49. The molecule has 0 spiro atoms. The molecule has 0 atom stereocenters. The molecule has 3 rings (SSSR count). The van der Waals surface area contributed by atoms with Crippen molar-refractivity contribution in [1.29, 1.82) is 0 Å². The Balaban J connectivity index is 1.72. The van der Waals surface area contributed by atoms with E-state index in [2.05, 4.69) is 10.3 Å². The summed E-state index contributed by atoms with van der Waals surface area (Å²) in [6.07, 6.45) is 0.415. The van der Waals surface area contributed by atoms with Gasteiger partial charge in [-0.3, -0.25) is 0 Å². The van der Waals surface area contributed by atoms with E-state index in [0.717, 1.165) is 43.7 Å². The molecule has 8 heteroatoms. The Kier molecular flexibility index (Phi) is 5.20. The molecule has 140 valence electrons. The number of urea groups is 1. The minimum atomic E-state index is -4.50. The third-order valence-electron chi connectivity index (χ3n) is 4.45. The van der Waals surface area contributed by atoms with Crippen LogP contribution in [0.25, 0.3) is 0 Å². The number of hydrogen-bond donors (Lipinski definition) is 1. The number of furan rings is 1. The second-order valence-corrected chi connectivity index (χ2v) is 6.44. The maximum Gasteiger partial charge on any atom is 0.433 e. The highest BCUT2D eigenvalue weighted by molar-refractivity contribution is 5.89. The zero-order valence-corrected chi connectivity index (χ0v) is 14.3. The van der Waals surface area contributed by atoms with Gasteiger partial charge in [-0.05, 0) is 44.0 Å². The lowest BCUT2D eigenvalue weighted by Crippen LogP contribution is -2.41. The van der Waals surface area contributed by atoms with Gasteiger partial charge in [0.15, 0.2) is 0 Å². The van der Waals surface area contributed by atoms with Crippen LogP contribution < -0.4 is 5.32 Å². The number of halogens is 3. The highest BCUT2D eigenvalue weighted by atomic mass is 19.4. The molecule has 1 N–H and O–H groups in total. The number of aryl methyl sites for hydroxylation is 1. The predicted octanol–water partition coefficient (Wildman–Crippen LogP) is 4.98. The highest BCUT2D eigenvalue weighted by Crippen LogP contribution is 2.29. The third-order valence-corrected chi connectivity index (χ3v) is 4.45. The second kappa shape index (κ2) is 7.39. The molecule has 2 heterocycles. The van der Waals surface area contributed by atoms with E-state index >= 15 is 0 Å². The van der Waals surface area contributed by atoms with Crippen molar-refractivity contribution >= 4 is 11.7 Å². The maximum absolute atomic E-state index is 12.7. The molecule has 2 aromatic rings. The topological polar surface area (TPSA) is 58.4 Å². The number of alkyl halides is 3. The zero-order valence-electron chi connectivity index (χ0n) is 14.3. The number of rotatable bonds is 4. The van der Waals surface area contributed by atoms with Crippen LogP contribution in [0.1, 0.15) is 42.9 Å². The normalized spacial score (nSPS) is 15.2. The van der Waals surface area contributed by atoms with Crippen LogP contribution in [0.15, 0.2) is 34.9 Å². The molecule has 5 nitrogen and oxygen atoms in total. The summed E-state index contributed by atoms with van der Waals surface area (Å²) in [6, 6.07) is 5.43. The lowest BCUT2D eigenvalue weighted by atomic mass is 10.2. The Bertz CT molecular complexity index is 750. The molecule has 0 aromatic carbocycles. The van der Waals surface area contributed by atoms with Gasteiger partial charge < -0.3 is 14.6 Å². The van der Waals surface area contributed by atoms with Gasteiger partial charge in [0.2, 0.25) is 0 Å². The standard InChI is InChI=1S/C18H20F3N3O2/c1-12-6-8-15(26-12)11-24(14-4-2-3-5-14)17(25)23-13-7-9-16(22-10-13)18(19,20)21/h6-10,14H,2-5,11H2,1H3,(H,23,25). The van der Waals surface area contributed by atoms with Crippen molar-refractivity contribution in [2.24, 2.45) is 0 Å². The monoisotopic (exact) mass is 367 g/mol. The molecule has 0 radical (unpaired) electrons. The summed E-state index contributed by atoms with van der Waals surface area (Å²) in [7, 11) is 0. The van der Waals surface area contributed by atoms with E-state index in [1.807, 2.05) is 19.1 Å². The molecule has 0 unspecified atom stereocenters. The number of anilines is 1. The van der Waals surface area contributed by atoms with Crippen LogP contribution in [0.3, 0.4) is 0 Å². The van der Waals surface area contributed by atoms with Crippen molar-refractivity contribution < 1.29 is 22.4 Å². The molecule has 2 aromatic heterocycles. The van der Waals surface area contributed by atoms with Gasteiger partial charge in [0, 0.05) is 6.04 Å². The number of carbonyl (C=O) groups excluding carboxylic acids is 1. The van der Waals surface area contributed by atoms with E-state index in [-0.39, 0.29) is 17.8 Å². The fraction of sp³-hybridized carbons (Fsp3) is 0.444. The fourth-order valence-corrected chi connectivity index (χ4v) is 3.15. The fourth-order valence-electron chi connectivity index (χ4n) is 3.15. The van der Waals surface area contributed by atoms with Gasteiger partial charge in [0.1, 0.15) is 17.2 Å². The smallest absolute Gasteiger partial charge is 0.433 e. The molecule has 1 fully saturated rings. The van der Waals surface area contributed by atoms with Crippen molar-refractivity contribution in [2.75, 3.05) is 5.32 Å². The van der Waals surface area contributed by atoms with Crippen LogP contribution in [-0.2, 0) is 12.7 Å². The Morgan fingerprint density at radius 2 is 2.00 bits per heavy atom. The number of hydrogen-bond acceptors (Lipinski definition) is 3. The summed E-state index contributed by atoms with van der Waals surface area (Å²) in [5, 5.41) is 2.64. The van der Waals surface area contributed by atoms with Gasteiger partial charge in [-0.1, -0.05) is 12.8 Å². The van der Waals surface area contributed by atoms with Gasteiger partial charge >= 0.3 is 12.2 Å². The minimum absolute atomic E-state index is 0.0859. The molecule has 1 aliphatic carbocycles. The molecule has 2 amide bonds. The zero-order chi connectivity index (χ0) is 18.7. The van der Waals surface area contributed by atoms with Crippen LogP contribution >= 0.6 is 0 Å². The van der Waals surface area contributed by atoms with Gasteiger partial charge in [0.25, 0.3) is 0 Å². The maximum atomic E-state index is 12.7. The van der Waals surface area contributed by atoms with Crippen molar-refractivity contribution in [3.8, 4) is 0 Å². The Morgan fingerprint density at radius 1 is 1.27 bits per heavy atom. The van der Waals surface area contributed by atoms with E-state index in [1.165, 1.54) is 6.07 Å². The van der Waals surface area contributed by atoms with Crippen LogP contribution in [0.5, 0.6) is 0 Å². The van der Waals surface area contributed by atoms with Crippen molar-refractivity contribution in [3.05, 3.63) is 47.7 Å². The van der Waals surface area contributed by atoms with Gasteiger partial charge in [-0.25, -0.2) is 9.78 Å². The number of pyridine rings is 1. The molecule has 1 saturated carbocycles. The molecule has 0 bridgehead atoms. The Labute approximate surface area is 149 Å². The molecule has 0 aliphatic heterocycles. The van der Waals surface area contributed by atoms with Crippen molar-refractivity contribution in [1.82, 2.24) is 9.88 Å². The van der Waals surface area contributed by atoms with Gasteiger partial charge in [-0.15, -0.1) is 0 Å². The number of nitrogens with one attached hydrogen (secondary N) is 1. The number of nitrogens with zero attached hydrogens (tertiary/aromatic N) is 2. The quantitative estimate of drug-likeness (QED) is 0.829. The first-order valence-corrected chi connectivity index (χ1v) is 8.49. The van der Waals surface area contributed by atoms with Crippen LogP contribution in [-0.4, -0.2) is 22.0 Å². The number of amides is 2. The Hall–Kier alpha value is -2.51. The SMILES string of the molecule is Cc1ccc(CN(C(=O)Nc2ccc(C(F)(F)F)nc2)C2CCCC2)o1. The van der Waals surface area contributed by atoms with Crippen LogP contribution in [0.4, 0.5) is 23.7 Å². The third kappa shape index (κ3) is 4.36. The van der Waals surface area contributed by atoms with E-state index in [1.54, 1.807) is 4.90 Å². The van der Waals surface area contributed by atoms with E-state index in [0.29, 0.717) is 12.3 Å². The van der Waals surface area contributed by atoms with Crippen LogP contribution in [0.2, 0.25) is 0 Å². The lowest BCUT2D eigenvalue weighted by molar-refractivity contribution is -0.141. The molecular weight excluding hydrogens is 347 g/mol. The highest BCUT2D eigenvalue weighted by Gasteiger charge is 2.32. The Morgan fingerprint density at radius 3 is 2.54 bits per heavy atom. The summed E-state index contributed by atoms with van der Waals surface area (Å²) < 4.78 is 43.3. The van der Waals surface area contributed by atoms with Crippen molar-refractivity contribution in [2.45, 2.75) is 51.4 Å². The first-order chi connectivity index (χ1) is 12.3. The molecule has 1 aliphatic rings. The number of carbonyl (C=O) groups is 1. The van der Waals surface area contributed by atoms with Crippen LogP contribution in [0, 0.1) is 6.92 Å². The predicted molar refractivity (Wildman–Crippen MR) is 89.5 cm³/mol. The first kappa shape index (κ1) is 18.3. The summed E-state index contributed by atoms with van der Waals surface area (Å²) in [6.45, 7) is 2.15. The minimum Gasteiger partial charge on any atom is -0.464 e. The van der Waals surface area contributed by atoms with E-state index < -0.39 is 11.9 Å².